The largest absolute Gasteiger partial charge is 0.351 e. The molecule has 2 aromatic carbocycles. The Morgan fingerprint density at radius 3 is 2.43 bits per heavy atom. The molecule has 0 saturated carbocycles. The zero-order valence-corrected chi connectivity index (χ0v) is 13.2. The van der Waals surface area contributed by atoms with Crippen molar-refractivity contribution in [2.45, 2.75) is 0 Å². The number of rotatable bonds is 6. The molecular weight excluding hydrogens is 312 g/mol. The van der Waals surface area contributed by atoms with Crippen LogP contribution in [0.4, 0.5) is 0 Å². The van der Waals surface area contributed by atoms with Crippen molar-refractivity contribution in [1.82, 2.24) is 10.6 Å². The van der Waals surface area contributed by atoms with E-state index in [0.29, 0.717) is 23.7 Å². The van der Waals surface area contributed by atoms with Crippen LogP contribution in [-0.4, -0.2) is 24.9 Å². The second kappa shape index (κ2) is 8.76. The molecule has 0 saturated heterocycles. The summed E-state index contributed by atoms with van der Waals surface area (Å²) >= 11 is 5.87. The van der Waals surface area contributed by atoms with Crippen molar-refractivity contribution >= 4 is 29.5 Å². The Morgan fingerprint density at radius 2 is 1.70 bits per heavy atom. The molecule has 0 aliphatic heterocycles. The Bertz CT molecular complexity index is 699. The number of hydrogen-bond acceptors (Lipinski definition) is 2. The van der Waals surface area contributed by atoms with E-state index in [1.54, 1.807) is 42.5 Å². The summed E-state index contributed by atoms with van der Waals surface area (Å²) in [7, 11) is 0. The van der Waals surface area contributed by atoms with Gasteiger partial charge in [0, 0.05) is 29.8 Å². The van der Waals surface area contributed by atoms with Gasteiger partial charge in [-0.05, 0) is 35.9 Å². The van der Waals surface area contributed by atoms with Crippen LogP contribution in [0.25, 0.3) is 6.08 Å². The molecule has 2 N–H and O–H groups in total. The maximum atomic E-state index is 11.8. The van der Waals surface area contributed by atoms with Gasteiger partial charge in [-0.25, -0.2) is 0 Å². The van der Waals surface area contributed by atoms with E-state index in [1.807, 2.05) is 18.2 Å². The number of nitrogens with one attached hydrogen (secondary N) is 2. The molecule has 0 fully saturated rings. The topological polar surface area (TPSA) is 58.2 Å². The average Bonchev–Trinajstić information content (AvgIpc) is 2.57. The fraction of sp³-hybridized carbons (Fsp3) is 0.111. The lowest BCUT2D eigenvalue weighted by Gasteiger charge is -2.05. The van der Waals surface area contributed by atoms with Crippen LogP contribution in [0.2, 0.25) is 5.02 Å². The Kier molecular flexibility index (Phi) is 6.39. The molecule has 0 atom stereocenters. The predicted octanol–water partition coefficient (Wildman–Crippen LogP) is 2.90. The first-order valence-corrected chi connectivity index (χ1v) is 7.58. The maximum absolute atomic E-state index is 11.8. The van der Waals surface area contributed by atoms with E-state index >= 15 is 0 Å². The van der Waals surface area contributed by atoms with E-state index < -0.39 is 0 Å². The average molecular weight is 329 g/mol. The third-order valence-corrected chi connectivity index (χ3v) is 3.26. The zero-order chi connectivity index (χ0) is 16.5. The molecule has 0 spiro atoms. The van der Waals surface area contributed by atoms with Crippen LogP contribution in [0, 0.1) is 0 Å². The van der Waals surface area contributed by atoms with Crippen molar-refractivity contribution in [1.29, 1.82) is 0 Å². The van der Waals surface area contributed by atoms with E-state index in [-0.39, 0.29) is 11.8 Å². The smallest absolute Gasteiger partial charge is 0.251 e. The lowest BCUT2D eigenvalue weighted by Crippen LogP contribution is -2.33. The van der Waals surface area contributed by atoms with Crippen LogP contribution < -0.4 is 10.6 Å². The Balaban J connectivity index is 1.70. The normalized spacial score (nSPS) is 10.5. The summed E-state index contributed by atoms with van der Waals surface area (Å²) in [4.78, 5) is 23.5. The third-order valence-electron chi connectivity index (χ3n) is 3.02. The van der Waals surface area contributed by atoms with Gasteiger partial charge in [0.15, 0.2) is 0 Å². The molecule has 0 heterocycles. The summed E-state index contributed by atoms with van der Waals surface area (Å²) in [6.45, 7) is 0.724. The number of amides is 2. The quantitative estimate of drug-likeness (QED) is 0.633. The lowest BCUT2D eigenvalue weighted by molar-refractivity contribution is -0.116. The van der Waals surface area contributed by atoms with E-state index in [1.165, 1.54) is 6.08 Å². The lowest BCUT2D eigenvalue weighted by atomic mass is 10.2. The number of carbonyl (C=O) groups is 2. The fourth-order valence-corrected chi connectivity index (χ4v) is 2.09. The van der Waals surface area contributed by atoms with E-state index in [0.717, 1.165) is 5.56 Å². The third kappa shape index (κ3) is 5.96. The van der Waals surface area contributed by atoms with Gasteiger partial charge in [0.2, 0.25) is 5.91 Å². The summed E-state index contributed by atoms with van der Waals surface area (Å²) < 4.78 is 0. The summed E-state index contributed by atoms with van der Waals surface area (Å²) in [6, 6.07) is 16.1. The first-order valence-electron chi connectivity index (χ1n) is 7.20. The van der Waals surface area contributed by atoms with Gasteiger partial charge in [0.1, 0.15) is 0 Å². The molecule has 0 bridgehead atoms. The highest BCUT2D eigenvalue weighted by Gasteiger charge is 2.03. The van der Waals surface area contributed by atoms with Crippen molar-refractivity contribution in [2.24, 2.45) is 0 Å². The van der Waals surface area contributed by atoms with Crippen molar-refractivity contribution in [3.8, 4) is 0 Å². The van der Waals surface area contributed by atoms with E-state index in [4.69, 9.17) is 11.6 Å². The van der Waals surface area contributed by atoms with Crippen LogP contribution in [0.15, 0.2) is 60.7 Å². The molecule has 2 amide bonds. The number of hydrogen-bond donors (Lipinski definition) is 2. The van der Waals surface area contributed by atoms with Crippen molar-refractivity contribution < 1.29 is 9.59 Å². The molecule has 5 heteroatoms. The van der Waals surface area contributed by atoms with Gasteiger partial charge in [0.05, 0.1) is 0 Å². The molecule has 23 heavy (non-hydrogen) atoms. The van der Waals surface area contributed by atoms with Gasteiger partial charge >= 0.3 is 0 Å². The number of carbonyl (C=O) groups excluding carboxylic acids is 2. The van der Waals surface area contributed by atoms with Gasteiger partial charge < -0.3 is 10.6 Å². The van der Waals surface area contributed by atoms with Gasteiger partial charge in [-0.1, -0.05) is 41.9 Å². The van der Waals surface area contributed by atoms with Crippen molar-refractivity contribution in [3.05, 3.63) is 76.8 Å². The SMILES string of the molecule is O=C(/C=C/c1cccc(Cl)c1)NCCNC(=O)c1ccccc1. The van der Waals surface area contributed by atoms with Gasteiger partial charge in [0.25, 0.3) is 5.91 Å². The highest BCUT2D eigenvalue weighted by atomic mass is 35.5. The fourth-order valence-electron chi connectivity index (χ4n) is 1.89. The summed E-state index contributed by atoms with van der Waals surface area (Å²) in [5.41, 5.74) is 1.45. The highest BCUT2D eigenvalue weighted by Crippen LogP contribution is 2.11. The summed E-state index contributed by atoms with van der Waals surface area (Å²) in [5, 5.41) is 6.06. The van der Waals surface area contributed by atoms with E-state index in [9.17, 15) is 9.59 Å². The molecule has 2 rings (SSSR count). The Labute approximate surface area is 140 Å². The molecule has 2 aromatic rings. The molecule has 0 aliphatic carbocycles. The second-order valence-corrected chi connectivity index (χ2v) is 5.24. The standard InChI is InChI=1S/C18H17ClN2O2/c19-16-8-4-5-14(13-16)9-10-17(22)20-11-12-21-18(23)15-6-2-1-3-7-15/h1-10,13H,11-12H2,(H,20,22)(H,21,23)/b10-9+. The first kappa shape index (κ1) is 16.8. The Hall–Kier alpha value is -2.59. The van der Waals surface area contributed by atoms with Gasteiger partial charge in [-0.2, -0.15) is 0 Å². The molecular formula is C18H17ClN2O2. The minimum atomic E-state index is -0.223. The van der Waals surface area contributed by atoms with Crippen LogP contribution in [-0.2, 0) is 4.79 Å². The molecule has 0 unspecified atom stereocenters. The second-order valence-electron chi connectivity index (χ2n) is 4.80. The van der Waals surface area contributed by atoms with Gasteiger partial charge in [-0.15, -0.1) is 0 Å². The minimum Gasteiger partial charge on any atom is -0.351 e. The predicted molar refractivity (Wildman–Crippen MR) is 92.3 cm³/mol. The number of benzene rings is 2. The molecule has 118 valence electrons. The highest BCUT2D eigenvalue weighted by molar-refractivity contribution is 6.30. The zero-order valence-electron chi connectivity index (χ0n) is 12.5. The van der Waals surface area contributed by atoms with Crippen LogP contribution in [0.1, 0.15) is 15.9 Å². The monoisotopic (exact) mass is 328 g/mol. The van der Waals surface area contributed by atoms with Crippen molar-refractivity contribution in [2.75, 3.05) is 13.1 Å². The molecule has 0 radical (unpaired) electrons. The molecule has 0 aliphatic rings. The van der Waals surface area contributed by atoms with Crippen LogP contribution >= 0.6 is 11.6 Å². The number of halogens is 1. The van der Waals surface area contributed by atoms with Crippen LogP contribution in [0.3, 0.4) is 0 Å². The van der Waals surface area contributed by atoms with E-state index in [2.05, 4.69) is 10.6 Å². The molecule has 0 aromatic heterocycles. The first-order chi connectivity index (χ1) is 11.1. The minimum absolute atomic E-state index is 0.158. The summed E-state index contributed by atoms with van der Waals surface area (Å²) in [5.74, 6) is -0.381. The van der Waals surface area contributed by atoms with Crippen LogP contribution in [0.5, 0.6) is 0 Å². The maximum Gasteiger partial charge on any atom is 0.251 e. The Morgan fingerprint density at radius 1 is 0.957 bits per heavy atom. The van der Waals surface area contributed by atoms with Crippen molar-refractivity contribution in [3.63, 3.8) is 0 Å². The van der Waals surface area contributed by atoms with Gasteiger partial charge in [-0.3, -0.25) is 9.59 Å². The summed E-state index contributed by atoms with van der Waals surface area (Å²) in [6.07, 6.45) is 3.12. The molecule has 4 nitrogen and oxygen atoms in total.